The van der Waals surface area contributed by atoms with Gasteiger partial charge in [0, 0.05) is 23.9 Å². The molecule has 0 N–H and O–H groups in total. The summed E-state index contributed by atoms with van der Waals surface area (Å²) in [5, 5.41) is 2.49. The molecule has 0 aromatic heterocycles. The summed E-state index contributed by atoms with van der Waals surface area (Å²) < 4.78 is 0. The van der Waals surface area contributed by atoms with Crippen molar-refractivity contribution >= 4 is 0 Å². The highest BCUT2D eigenvalue weighted by Gasteiger charge is 2.56. The molecule has 1 heterocycles. The van der Waals surface area contributed by atoms with Crippen LogP contribution in [0.2, 0.25) is 0 Å². The summed E-state index contributed by atoms with van der Waals surface area (Å²) in [4.78, 5) is 6.51. The first-order chi connectivity index (χ1) is 9.38. The van der Waals surface area contributed by atoms with E-state index in [1.807, 2.05) is 0 Å². The van der Waals surface area contributed by atoms with Crippen LogP contribution in [0.3, 0.4) is 0 Å². The lowest BCUT2D eigenvalue weighted by Gasteiger charge is -2.35. The van der Waals surface area contributed by atoms with Crippen LogP contribution in [0.5, 0.6) is 0 Å². The van der Waals surface area contributed by atoms with E-state index in [9.17, 15) is 0 Å². The number of fused-ring (bicyclic) bond motifs is 5. The second kappa shape index (κ2) is 4.89. The fourth-order valence-electron chi connectivity index (χ4n) is 5.16. The standard InChI is InChI=1S/C17H27NO/c1-2-6-15-16-12-9-10-13(11-12)17(16)19-18(15)14-7-4-3-5-8-14/h9-10,12-17H,2-8,11H2,1H3/t12-,13-,15+,16-,17+/m0/s1. The number of hydroxylamine groups is 2. The molecule has 1 aliphatic heterocycles. The molecule has 2 nitrogen and oxygen atoms in total. The Bertz CT molecular complexity index is 360. The van der Waals surface area contributed by atoms with Crippen molar-refractivity contribution < 1.29 is 4.84 Å². The summed E-state index contributed by atoms with van der Waals surface area (Å²) in [6.07, 6.45) is 16.4. The van der Waals surface area contributed by atoms with E-state index in [4.69, 9.17) is 4.84 Å². The highest BCUT2D eigenvalue weighted by molar-refractivity contribution is 5.18. The molecule has 3 aliphatic carbocycles. The molecule has 0 aromatic carbocycles. The maximum absolute atomic E-state index is 6.51. The Hall–Kier alpha value is -0.340. The van der Waals surface area contributed by atoms with Crippen LogP contribution < -0.4 is 0 Å². The SMILES string of the molecule is CCC[C@@H]1[C@H]2[C@H](ON1C1CCCCC1)[C@H]1C=C[C@H]2C1. The summed E-state index contributed by atoms with van der Waals surface area (Å²) in [5.74, 6) is 2.35. The third-order valence-electron chi connectivity index (χ3n) is 5.98. The van der Waals surface area contributed by atoms with E-state index in [2.05, 4.69) is 24.1 Å². The minimum absolute atomic E-state index is 0.522. The van der Waals surface area contributed by atoms with Gasteiger partial charge in [-0.1, -0.05) is 44.8 Å². The third kappa shape index (κ3) is 1.91. The number of allylic oxidation sites excluding steroid dienone is 1. The molecule has 106 valence electrons. The molecule has 2 heteroatoms. The quantitative estimate of drug-likeness (QED) is 0.714. The maximum atomic E-state index is 6.51. The predicted molar refractivity (Wildman–Crippen MR) is 76.5 cm³/mol. The lowest BCUT2D eigenvalue weighted by atomic mass is 9.83. The lowest BCUT2D eigenvalue weighted by Crippen LogP contribution is -2.42. The summed E-state index contributed by atoms with van der Waals surface area (Å²) in [7, 11) is 0. The van der Waals surface area contributed by atoms with Gasteiger partial charge in [0.05, 0.1) is 6.10 Å². The zero-order valence-electron chi connectivity index (χ0n) is 12.1. The first-order valence-electron chi connectivity index (χ1n) is 8.52. The van der Waals surface area contributed by atoms with Crippen molar-refractivity contribution in [1.29, 1.82) is 0 Å². The molecule has 2 bridgehead atoms. The van der Waals surface area contributed by atoms with Crippen LogP contribution in [0, 0.1) is 17.8 Å². The van der Waals surface area contributed by atoms with Crippen LogP contribution in [0.4, 0.5) is 0 Å². The average molecular weight is 261 g/mol. The van der Waals surface area contributed by atoms with Crippen molar-refractivity contribution in [2.24, 2.45) is 17.8 Å². The monoisotopic (exact) mass is 261 g/mol. The molecule has 3 fully saturated rings. The Kier molecular flexibility index (Phi) is 3.19. The van der Waals surface area contributed by atoms with Gasteiger partial charge in [0.2, 0.25) is 0 Å². The zero-order chi connectivity index (χ0) is 12.8. The van der Waals surface area contributed by atoms with E-state index in [0.717, 1.165) is 23.8 Å². The summed E-state index contributed by atoms with van der Waals surface area (Å²) in [6, 6.07) is 1.42. The van der Waals surface area contributed by atoms with Crippen molar-refractivity contribution in [1.82, 2.24) is 5.06 Å². The molecule has 4 rings (SSSR count). The van der Waals surface area contributed by atoms with Gasteiger partial charge in [0.1, 0.15) is 0 Å². The van der Waals surface area contributed by atoms with E-state index < -0.39 is 0 Å². The zero-order valence-corrected chi connectivity index (χ0v) is 12.1. The molecule has 2 saturated carbocycles. The van der Waals surface area contributed by atoms with Gasteiger partial charge in [-0.2, -0.15) is 5.06 Å². The van der Waals surface area contributed by atoms with E-state index in [1.54, 1.807) is 0 Å². The number of rotatable bonds is 3. The summed E-state index contributed by atoms with van der Waals surface area (Å²) >= 11 is 0. The van der Waals surface area contributed by atoms with Crippen LogP contribution in [-0.4, -0.2) is 23.3 Å². The van der Waals surface area contributed by atoms with Crippen LogP contribution in [-0.2, 0) is 4.84 Å². The molecule has 0 amide bonds. The predicted octanol–water partition coefficient (Wildman–Crippen LogP) is 3.93. The normalized spacial score (nSPS) is 46.1. The first-order valence-corrected chi connectivity index (χ1v) is 8.52. The minimum atomic E-state index is 0.522. The number of hydrogen-bond acceptors (Lipinski definition) is 2. The molecule has 19 heavy (non-hydrogen) atoms. The van der Waals surface area contributed by atoms with Gasteiger partial charge in [-0.15, -0.1) is 0 Å². The second-order valence-corrected chi connectivity index (χ2v) is 7.10. The van der Waals surface area contributed by atoms with Gasteiger partial charge in [-0.05, 0) is 31.6 Å². The number of nitrogens with zero attached hydrogens (tertiary/aromatic N) is 1. The molecule has 1 saturated heterocycles. The summed E-state index contributed by atoms with van der Waals surface area (Å²) in [6.45, 7) is 2.33. The smallest absolute Gasteiger partial charge is 0.0905 e. The van der Waals surface area contributed by atoms with Gasteiger partial charge < -0.3 is 0 Å². The Balaban J connectivity index is 1.55. The van der Waals surface area contributed by atoms with E-state index >= 15 is 0 Å². The van der Waals surface area contributed by atoms with Crippen molar-refractivity contribution in [3.63, 3.8) is 0 Å². The molecule has 4 aliphatic rings. The van der Waals surface area contributed by atoms with Crippen LogP contribution >= 0.6 is 0 Å². The molecular weight excluding hydrogens is 234 g/mol. The highest BCUT2D eigenvalue weighted by Crippen LogP contribution is 2.53. The Morgan fingerprint density at radius 1 is 1.11 bits per heavy atom. The summed E-state index contributed by atoms with van der Waals surface area (Å²) in [5.41, 5.74) is 0. The second-order valence-electron chi connectivity index (χ2n) is 7.10. The Morgan fingerprint density at radius 2 is 1.89 bits per heavy atom. The first kappa shape index (κ1) is 12.4. The fourth-order valence-corrected chi connectivity index (χ4v) is 5.16. The van der Waals surface area contributed by atoms with Gasteiger partial charge in [-0.25, -0.2) is 0 Å². The Morgan fingerprint density at radius 3 is 2.68 bits per heavy atom. The van der Waals surface area contributed by atoms with E-state index in [1.165, 1.54) is 51.4 Å². The number of hydrogen-bond donors (Lipinski definition) is 0. The molecule has 0 aromatic rings. The molecule has 0 radical (unpaired) electrons. The van der Waals surface area contributed by atoms with Gasteiger partial charge in [0.25, 0.3) is 0 Å². The van der Waals surface area contributed by atoms with Crippen molar-refractivity contribution in [3.8, 4) is 0 Å². The molecule has 0 spiro atoms. The molecule has 0 unspecified atom stereocenters. The molecule has 5 atom stereocenters. The van der Waals surface area contributed by atoms with E-state index in [0.29, 0.717) is 12.1 Å². The average Bonchev–Trinajstić information content (AvgIpc) is 3.12. The minimum Gasteiger partial charge on any atom is -0.294 e. The largest absolute Gasteiger partial charge is 0.294 e. The Labute approximate surface area is 117 Å². The van der Waals surface area contributed by atoms with Gasteiger partial charge in [-0.3, -0.25) is 4.84 Å². The van der Waals surface area contributed by atoms with Crippen LogP contribution in [0.1, 0.15) is 58.3 Å². The topological polar surface area (TPSA) is 12.5 Å². The van der Waals surface area contributed by atoms with Crippen molar-refractivity contribution in [2.75, 3.05) is 0 Å². The van der Waals surface area contributed by atoms with Crippen molar-refractivity contribution in [2.45, 2.75) is 76.5 Å². The van der Waals surface area contributed by atoms with Gasteiger partial charge >= 0.3 is 0 Å². The maximum Gasteiger partial charge on any atom is 0.0905 e. The molecular formula is C17H27NO. The fraction of sp³-hybridized carbons (Fsp3) is 0.882. The third-order valence-corrected chi connectivity index (χ3v) is 5.98. The van der Waals surface area contributed by atoms with E-state index in [-0.39, 0.29) is 0 Å². The van der Waals surface area contributed by atoms with Gasteiger partial charge in [0.15, 0.2) is 0 Å². The van der Waals surface area contributed by atoms with Crippen LogP contribution in [0.25, 0.3) is 0 Å². The van der Waals surface area contributed by atoms with Crippen LogP contribution in [0.15, 0.2) is 12.2 Å². The lowest BCUT2D eigenvalue weighted by molar-refractivity contribution is -0.201. The van der Waals surface area contributed by atoms with Crippen molar-refractivity contribution in [3.05, 3.63) is 12.2 Å². The highest BCUT2D eigenvalue weighted by atomic mass is 16.7.